The van der Waals surface area contributed by atoms with Gasteiger partial charge in [0.15, 0.2) is 70.1 Å². The van der Waals surface area contributed by atoms with Gasteiger partial charge >= 0.3 is 41.8 Å². The van der Waals surface area contributed by atoms with Gasteiger partial charge in [0.25, 0.3) is 0 Å². The molecule has 1 fully saturated rings. The fourth-order valence-electron chi connectivity index (χ4n) is 8.04. The van der Waals surface area contributed by atoms with Crippen LogP contribution in [-0.2, 0) is 42.8 Å². The van der Waals surface area contributed by atoms with Crippen LogP contribution in [0.5, 0.6) is 69.0 Å². The lowest BCUT2D eigenvalue weighted by Gasteiger charge is -2.44. The van der Waals surface area contributed by atoms with Gasteiger partial charge in [-0.05, 0) is 30.3 Å². The minimum absolute atomic E-state index is 0.361. The number of cyclic esters (lactones) is 1. The monoisotopic (exact) mass is 954 g/mol. The number of ether oxygens (including phenoxy) is 7. The number of carboxylic acid groups (broad SMARTS) is 1. The van der Waals surface area contributed by atoms with Crippen LogP contribution in [0.1, 0.15) is 59.3 Å². The molecule has 4 aromatic rings. The molecule has 3 unspecified atom stereocenters. The van der Waals surface area contributed by atoms with Gasteiger partial charge in [-0.3, -0.25) is 9.59 Å². The van der Waals surface area contributed by atoms with Crippen molar-refractivity contribution in [2.75, 3.05) is 6.61 Å². The molecule has 356 valence electrons. The van der Waals surface area contributed by atoms with Crippen molar-refractivity contribution in [3.63, 3.8) is 0 Å². The molecule has 4 aliphatic heterocycles. The molecular weight excluding hydrogens is 924 g/mol. The molecule has 0 radical (unpaired) electrons. The molecule has 8 atom stereocenters. The highest BCUT2D eigenvalue weighted by Crippen LogP contribution is 2.54. The number of fused-ring (bicyclic) bond motifs is 3. The number of phenolic OH excluding ortho intramolecular Hbond substituents is 11. The van der Waals surface area contributed by atoms with Crippen LogP contribution in [0.3, 0.4) is 0 Å². The molecule has 0 spiro atoms. The van der Waals surface area contributed by atoms with Crippen LogP contribution < -0.4 is 4.74 Å². The highest BCUT2D eigenvalue weighted by molar-refractivity contribution is 6.08. The van der Waals surface area contributed by atoms with Crippen molar-refractivity contribution in [3.8, 4) is 80.1 Å². The highest BCUT2D eigenvalue weighted by atomic mass is 16.7. The Morgan fingerprint density at radius 2 is 1.10 bits per heavy atom. The second kappa shape index (κ2) is 16.4. The van der Waals surface area contributed by atoms with Crippen molar-refractivity contribution in [1.29, 1.82) is 0 Å². The molecule has 4 bridgehead atoms. The average Bonchev–Trinajstić information content (AvgIpc) is 3.28. The summed E-state index contributed by atoms with van der Waals surface area (Å²) in [6.45, 7) is -1.31. The van der Waals surface area contributed by atoms with E-state index in [1.807, 2.05) is 0 Å². The van der Waals surface area contributed by atoms with Crippen molar-refractivity contribution in [2.45, 2.75) is 49.1 Å². The molecule has 4 aliphatic rings. The summed E-state index contributed by atoms with van der Waals surface area (Å²) < 4.78 is 38.8. The quantitative estimate of drug-likeness (QED) is 0.0554. The van der Waals surface area contributed by atoms with Crippen molar-refractivity contribution < 1.29 is 133 Å². The molecule has 4 heterocycles. The number of carbonyl (C=O) groups is 7. The van der Waals surface area contributed by atoms with E-state index < -0.39 is 211 Å². The van der Waals surface area contributed by atoms with Crippen LogP contribution in [0.4, 0.5) is 0 Å². The Morgan fingerprint density at radius 3 is 1.69 bits per heavy atom. The fourth-order valence-corrected chi connectivity index (χ4v) is 8.04. The Labute approximate surface area is 374 Å². The Morgan fingerprint density at radius 1 is 0.588 bits per heavy atom. The van der Waals surface area contributed by atoms with Crippen molar-refractivity contribution >= 4 is 41.8 Å². The second-order valence-corrected chi connectivity index (χ2v) is 15.2. The maximum absolute atomic E-state index is 14.6. The summed E-state index contributed by atoms with van der Waals surface area (Å²) in [5, 5.41) is 137. The summed E-state index contributed by atoms with van der Waals surface area (Å²) in [5.41, 5.74) is -7.08. The Bertz CT molecular complexity index is 2900. The van der Waals surface area contributed by atoms with E-state index in [0.29, 0.717) is 30.3 Å². The SMILES string of the molecule is O=C(O)CC1C(=O)O[C@H]2[C@@H]3OC(=O)c4cc(O)c(O)c(O)c4-c4c(cc(O)c(O)c4O)C(=O)OC[C@H]2O[C@@H](OC(=O)c2cc(O)c(O)c(O)c2)[C@@H]3OC(=O)c2cc(O)c(O)c3c2C1C(O)C(=O)O3. The second-order valence-electron chi connectivity index (χ2n) is 15.2. The number of esters is 6. The van der Waals surface area contributed by atoms with Gasteiger partial charge in [-0.15, -0.1) is 0 Å². The van der Waals surface area contributed by atoms with E-state index in [1.54, 1.807) is 0 Å². The van der Waals surface area contributed by atoms with Crippen molar-refractivity contribution in [2.24, 2.45) is 5.92 Å². The van der Waals surface area contributed by atoms with Crippen LogP contribution in [0.25, 0.3) is 11.1 Å². The molecule has 1 saturated heterocycles. The molecule has 0 aromatic heterocycles. The third-order valence-electron chi connectivity index (χ3n) is 11.2. The number of rotatable bonds is 4. The third-order valence-corrected chi connectivity index (χ3v) is 11.2. The lowest BCUT2D eigenvalue weighted by Crippen LogP contribution is -2.63. The molecule has 13 N–H and O–H groups in total. The number of aliphatic hydroxyl groups is 1. The maximum Gasteiger partial charge on any atom is 0.341 e. The van der Waals surface area contributed by atoms with Gasteiger partial charge < -0.3 is 99.5 Å². The maximum atomic E-state index is 14.6. The molecule has 68 heavy (non-hydrogen) atoms. The van der Waals surface area contributed by atoms with Gasteiger partial charge in [-0.25, -0.2) is 24.0 Å². The van der Waals surface area contributed by atoms with E-state index in [4.69, 9.17) is 33.2 Å². The molecule has 27 heteroatoms. The topological polar surface area (TPSA) is 447 Å². The predicted molar refractivity (Wildman–Crippen MR) is 206 cm³/mol. The minimum Gasteiger partial charge on any atom is -0.504 e. The number of hydrogen-bond acceptors (Lipinski definition) is 26. The third kappa shape index (κ3) is 7.31. The molecular formula is C41H30O27. The highest BCUT2D eigenvalue weighted by Gasteiger charge is 2.58. The summed E-state index contributed by atoms with van der Waals surface area (Å²) in [5.74, 6) is -32.0. The summed E-state index contributed by atoms with van der Waals surface area (Å²) in [4.78, 5) is 96.8. The molecule has 0 aliphatic carbocycles. The Balaban J connectivity index is 1.39. The Hall–Kier alpha value is -9.11. The number of phenols is 11. The van der Waals surface area contributed by atoms with Crippen LogP contribution in [0.15, 0.2) is 30.3 Å². The Kier molecular flexibility index (Phi) is 11.0. The van der Waals surface area contributed by atoms with E-state index in [2.05, 4.69) is 0 Å². The lowest BCUT2D eigenvalue weighted by molar-refractivity contribution is -0.287. The van der Waals surface area contributed by atoms with Gasteiger partial charge in [-0.1, -0.05) is 0 Å². The summed E-state index contributed by atoms with van der Waals surface area (Å²) in [6, 6.07) is 2.36. The van der Waals surface area contributed by atoms with Gasteiger partial charge in [0.2, 0.25) is 29.6 Å². The van der Waals surface area contributed by atoms with Gasteiger partial charge in [0.1, 0.15) is 12.7 Å². The van der Waals surface area contributed by atoms with Crippen LogP contribution in [0.2, 0.25) is 0 Å². The zero-order valence-corrected chi connectivity index (χ0v) is 33.4. The lowest BCUT2D eigenvalue weighted by atomic mass is 9.76. The first kappa shape index (κ1) is 45.5. The largest absolute Gasteiger partial charge is 0.504 e. The van der Waals surface area contributed by atoms with Gasteiger partial charge in [-0.2, -0.15) is 0 Å². The number of aromatic hydroxyl groups is 11. The summed E-state index contributed by atoms with van der Waals surface area (Å²) in [7, 11) is 0. The normalized spacial score (nSPS) is 24.3. The van der Waals surface area contributed by atoms with Crippen LogP contribution >= 0.6 is 0 Å². The zero-order chi connectivity index (χ0) is 49.5. The summed E-state index contributed by atoms with van der Waals surface area (Å²) >= 11 is 0. The predicted octanol–water partition coefficient (Wildman–Crippen LogP) is -0.00170. The van der Waals surface area contributed by atoms with Gasteiger partial charge in [0, 0.05) is 22.6 Å². The van der Waals surface area contributed by atoms with Crippen molar-refractivity contribution in [3.05, 3.63) is 58.1 Å². The molecule has 0 saturated carbocycles. The molecule has 27 nitrogen and oxygen atoms in total. The van der Waals surface area contributed by atoms with E-state index in [0.717, 1.165) is 0 Å². The van der Waals surface area contributed by atoms with Crippen molar-refractivity contribution in [1.82, 2.24) is 0 Å². The number of benzene rings is 4. The smallest absolute Gasteiger partial charge is 0.341 e. The van der Waals surface area contributed by atoms with Crippen LogP contribution in [-0.4, -0.2) is 152 Å². The van der Waals surface area contributed by atoms with E-state index in [9.17, 15) is 99.9 Å². The van der Waals surface area contributed by atoms with E-state index in [-0.39, 0.29) is 0 Å². The first-order valence-electron chi connectivity index (χ1n) is 19.2. The molecule has 4 aromatic carbocycles. The summed E-state index contributed by atoms with van der Waals surface area (Å²) in [6.07, 6.45) is -16.3. The molecule has 0 amide bonds. The van der Waals surface area contributed by atoms with E-state index >= 15 is 0 Å². The number of carboxylic acids is 1. The first-order valence-corrected chi connectivity index (χ1v) is 19.2. The molecule has 8 rings (SSSR count). The first-order chi connectivity index (χ1) is 32.0. The van der Waals surface area contributed by atoms with E-state index in [1.165, 1.54) is 0 Å². The minimum atomic E-state index is -2.58. The average molecular weight is 955 g/mol. The number of aliphatic carboxylic acids is 1. The number of hydrogen-bond donors (Lipinski definition) is 13. The standard InChI is InChI=1S/C41H30O27/c42-13-1-8(2-14(43)24(13)49)35(56)68-41-34-33-31(64-39(60)12(6-19(47)48)22-23-11(38(59)67-34)5-17(46)27(52)32(23)65-40(61)30(22)55)18(63-41)7-62-36(57)9-3-15(44)25(50)28(53)20(9)21-10(37(58)66-33)4-16(45)26(51)29(21)54/h1-5,12,18,22,30-31,33-34,41-46,49-55H,6-7H2,(H,47,48)/t12?,18-,22?,30?,31-,33+,34-,41+/m1/s1. The fraction of sp³-hybridized carbons (Fsp3) is 0.244. The number of carbonyl (C=O) groups excluding carboxylic acids is 6. The van der Waals surface area contributed by atoms with Crippen LogP contribution in [0, 0.1) is 5.92 Å². The number of aliphatic hydroxyl groups excluding tert-OH is 1. The zero-order valence-electron chi connectivity index (χ0n) is 33.4. The van der Waals surface area contributed by atoms with Gasteiger partial charge in [0.05, 0.1) is 34.6 Å².